The molecule has 0 aliphatic rings. The zero-order chi connectivity index (χ0) is 23.3. The fraction of sp³-hybridized carbons (Fsp3) is 0.217. The number of nitrogens with one attached hydrogen (secondary N) is 3. The Morgan fingerprint density at radius 2 is 2.00 bits per heavy atom. The number of carbonyl (C=O) groups excluding carboxylic acids is 1. The maximum absolute atomic E-state index is 13.7. The van der Waals surface area contributed by atoms with Crippen LogP contribution < -0.4 is 21.5 Å². The smallest absolute Gasteiger partial charge is 0.405 e. The largest absolute Gasteiger partial charge is 0.465 e. The molecular formula is C23H25N5O4. The summed E-state index contributed by atoms with van der Waals surface area (Å²) in [6.45, 7) is 7.64. The first-order chi connectivity index (χ1) is 15.3. The van der Waals surface area contributed by atoms with Crippen molar-refractivity contribution in [1.82, 2.24) is 20.2 Å². The van der Waals surface area contributed by atoms with Crippen LogP contribution in [0, 0.1) is 0 Å². The molecule has 1 heterocycles. The van der Waals surface area contributed by atoms with Crippen LogP contribution >= 0.6 is 0 Å². The Balaban J connectivity index is 2.26. The molecule has 3 amide bonds. The molecule has 32 heavy (non-hydrogen) atoms. The quantitative estimate of drug-likeness (QED) is 0.422. The molecule has 0 fully saturated rings. The van der Waals surface area contributed by atoms with Crippen LogP contribution in [-0.2, 0) is 6.42 Å². The van der Waals surface area contributed by atoms with Gasteiger partial charge in [0.1, 0.15) is 5.82 Å². The van der Waals surface area contributed by atoms with Crippen LogP contribution in [0.4, 0.5) is 15.3 Å². The highest BCUT2D eigenvalue weighted by atomic mass is 16.4. The number of amides is 3. The zero-order valence-electron chi connectivity index (χ0n) is 17.9. The van der Waals surface area contributed by atoms with Crippen molar-refractivity contribution in [2.45, 2.75) is 26.3 Å². The van der Waals surface area contributed by atoms with Gasteiger partial charge in [-0.05, 0) is 50.1 Å². The van der Waals surface area contributed by atoms with Crippen LogP contribution in [0.5, 0.6) is 0 Å². The van der Waals surface area contributed by atoms with E-state index in [1.165, 1.54) is 4.57 Å². The SMILES string of the molecule is C=CCc1cccc2nc(C(C)NC(=O)O)n(-c3cccc(NC(=O)NCC)c3)c(=O)c12. The molecule has 3 aromatic rings. The first kappa shape index (κ1) is 22.5. The van der Waals surface area contributed by atoms with Crippen LogP contribution in [0.15, 0.2) is 59.9 Å². The molecule has 0 aliphatic carbocycles. The summed E-state index contributed by atoms with van der Waals surface area (Å²) < 4.78 is 1.37. The highest BCUT2D eigenvalue weighted by molar-refractivity contribution is 5.89. The third kappa shape index (κ3) is 4.77. The van der Waals surface area contributed by atoms with E-state index in [1.807, 2.05) is 6.07 Å². The Kier molecular flexibility index (Phi) is 6.89. The lowest BCUT2D eigenvalue weighted by molar-refractivity contribution is 0.190. The average molecular weight is 435 g/mol. The van der Waals surface area contributed by atoms with Crippen molar-refractivity contribution in [3.63, 3.8) is 0 Å². The molecule has 0 radical (unpaired) electrons. The molecule has 3 rings (SSSR count). The predicted molar refractivity (Wildman–Crippen MR) is 124 cm³/mol. The van der Waals surface area contributed by atoms with Gasteiger partial charge in [0.05, 0.1) is 22.6 Å². The summed E-state index contributed by atoms with van der Waals surface area (Å²) in [6.07, 6.45) is 0.957. The Bertz CT molecular complexity index is 1230. The minimum absolute atomic E-state index is 0.232. The molecule has 1 aromatic heterocycles. The molecule has 0 bridgehead atoms. The van der Waals surface area contributed by atoms with E-state index >= 15 is 0 Å². The second-order valence-electron chi connectivity index (χ2n) is 7.12. The molecule has 9 heteroatoms. The van der Waals surface area contributed by atoms with Crippen LogP contribution in [0.2, 0.25) is 0 Å². The third-order valence-electron chi connectivity index (χ3n) is 4.80. The van der Waals surface area contributed by atoms with E-state index in [0.29, 0.717) is 35.2 Å². The van der Waals surface area contributed by atoms with Crippen LogP contribution in [0.3, 0.4) is 0 Å². The van der Waals surface area contributed by atoms with Gasteiger partial charge in [-0.2, -0.15) is 0 Å². The fourth-order valence-corrected chi connectivity index (χ4v) is 3.49. The summed E-state index contributed by atoms with van der Waals surface area (Å²) in [4.78, 5) is 41.5. The Hall–Kier alpha value is -4.14. The highest BCUT2D eigenvalue weighted by Crippen LogP contribution is 2.22. The lowest BCUT2D eigenvalue weighted by atomic mass is 10.1. The minimum Gasteiger partial charge on any atom is -0.465 e. The lowest BCUT2D eigenvalue weighted by Crippen LogP contribution is -2.33. The monoisotopic (exact) mass is 435 g/mol. The summed E-state index contributed by atoms with van der Waals surface area (Å²) in [5.74, 6) is 0.232. The number of carboxylic acid groups (broad SMARTS) is 1. The van der Waals surface area contributed by atoms with Crippen molar-refractivity contribution in [2.24, 2.45) is 0 Å². The average Bonchev–Trinajstić information content (AvgIpc) is 2.73. The van der Waals surface area contributed by atoms with Gasteiger partial charge >= 0.3 is 12.1 Å². The number of aromatic nitrogens is 2. The van der Waals surface area contributed by atoms with Gasteiger partial charge in [-0.25, -0.2) is 14.6 Å². The van der Waals surface area contributed by atoms with E-state index in [9.17, 15) is 19.5 Å². The fourth-order valence-electron chi connectivity index (χ4n) is 3.49. The van der Waals surface area contributed by atoms with Gasteiger partial charge < -0.3 is 21.1 Å². The Labute approximate surface area is 184 Å². The van der Waals surface area contributed by atoms with Crippen LogP contribution in [0.25, 0.3) is 16.6 Å². The number of rotatable bonds is 7. The molecule has 9 nitrogen and oxygen atoms in total. The van der Waals surface area contributed by atoms with Crippen molar-refractivity contribution in [3.05, 3.63) is 76.9 Å². The van der Waals surface area contributed by atoms with E-state index in [-0.39, 0.29) is 17.4 Å². The topological polar surface area (TPSA) is 125 Å². The first-order valence-corrected chi connectivity index (χ1v) is 10.2. The van der Waals surface area contributed by atoms with Gasteiger partial charge in [-0.15, -0.1) is 6.58 Å². The van der Waals surface area contributed by atoms with E-state index in [4.69, 9.17) is 0 Å². The van der Waals surface area contributed by atoms with Gasteiger partial charge in [0.15, 0.2) is 0 Å². The van der Waals surface area contributed by atoms with Gasteiger partial charge in [-0.3, -0.25) is 9.36 Å². The minimum atomic E-state index is -1.23. The molecule has 0 saturated carbocycles. The molecule has 0 spiro atoms. The summed E-state index contributed by atoms with van der Waals surface area (Å²) in [5, 5.41) is 17.4. The van der Waals surface area contributed by atoms with E-state index in [0.717, 1.165) is 5.56 Å². The number of anilines is 1. The second-order valence-corrected chi connectivity index (χ2v) is 7.12. The zero-order valence-corrected chi connectivity index (χ0v) is 17.9. The number of urea groups is 1. The third-order valence-corrected chi connectivity index (χ3v) is 4.80. The van der Waals surface area contributed by atoms with Crippen molar-refractivity contribution >= 4 is 28.7 Å². The van der Waals surface area contributed by atoms with Gasteiger partial charge in [0, 0.05) is 12.2 Å². The number of hydrogen-bond acceptors (Lipinski definition) is 4. The second kappa shape index (κ2) is 9.78. The van der Waals surface area contributed by atoms with Crippen LogP contribution in [-0.4, -0.2) is 33.3 Å². The summed E-state index contributed by atoms with van der Waals surface area (Å²) in [6, 6.07) is 10.9. The number of fused-ring (bicyclic) bond motifs is 1. The number of nitrogens with zero attached hydrogens (tertiary/aromatic N) is 2. The highest BCUT2D eigenvalue weighted by Gasteiger charge is 2.21. The summed E-state index contributed by atoms with van der Waals surface area (Å²) >= 11 is 0. The Morgan fingerprint density at radius 3 is 2.69 bits per heavy atom. The number of hydrogen-bond donors (Lipinski definition) is 4. The molecule has 2 aromatic carbocycles. The maximum atomic E-state index is 13.7. The van der Waals surface area contributed by atoms with Crippen molar-refractivity contribution in [1.29, 1.82) is 0 Å². The molecule has 0 aliphatic heterocycles. The van der Waals surface area contributed by atoms with Gasteiger partial charge in [0.25, 0.3) is 5.56 Å². The molecule has 166 valence electrons. The van der Waals surface area contributed by atoms with Gasteiger partial charge in [-0.1, -0.05) is 24.3 Å². The van der Waals surface area contributed by atoms with Crippen molar-refractivity contribution in [2.75, 3.05) is 11.9 Å². The van der Waals surface area contributed by atoms with Crippen molar-refractivity contribution < 1.29 is 14.7 Å². The van der Waals surface area contributed by atoms with Crippen LogP contribution in [0.1, 0.15) is 31.3 Å². The molecule has 0 saturated heterocycles. The lowest BCUT2D eigenvalue weighted by Gasteiger charge is -2.20. The first-order valence-electron chi connectivity index (χ1n) is 10.2. The molecule has 1 unspecified atom stereocenters. The molecular weight excluding hydrogens is 410 g/mol. The van der Waals surface area contributed by atoms with E-state index < -0.39 is 12.1 Å². The summed E-state index contributed by atoms with van der Waals surface area (Å²) in [5.41, 5.74) is 1.82. The van der Waals surface area contributed by atoms with E-state index in [1.54, 1.807) is 56.3 Å². The number of allylic oxidation sites excluding steroid dienone is 1. The maximum Gasteiger partial charge on any atom is 0.405 e. The van der Waals surface area contributed by atoms with E-state index in [2.05, 4.69) is 27.5 Å². The number of benzene rings is 2. The standard InChI is InChI=1S/C23H25N5O4/c1-4-8-15-9-6-12-18-19(15)21(29)28(20(27-18)14(3)25-23(31)32)17-11-7-10-16(13-17)26-22(30)24-5-2/h4,6-7,9-14,25H,1,5,8H2,2-3H3,(H,31,32)(H2,24,26,30). The molecule has 1 atom stereocenters. The van der Waals surface area contributed by atoms with Crippen molar-refractivity contribution in [3.8, 4) is 5.69 Å². The normalized spacial score (nSPS) is 11.6. The number of carbonyl (C=O) groups is 2. The molecule has 4 N–H and O–H groups in total. The summed E-state index contributed by atoms with van der Waals surface area (Å²) in [7, 11) is 0. The Morgan fingerprint density at radius 1 is 1.25 bits per heavy atom. The van der Waals surface area contributed by atoms with Gasteiger partial charge in [0.2, 0.25) is 0 Å². The predicted octanol–water partition coefficient (Wildman–Crippen LogP) is 3.58.